The number of aromatic hydroxyl groups is 1. The molecule has 0 fully saturated rings. The molecule has 0 spiro atoms. The highest BCUT2D eigenvalue weighted by Gasteiger charge is 2.26. The number of aliphatic imine (C=N–C) groups is 1. The van der Waals surface area contributed by atoms with Crippen molar-refractivity contribution in [1.82, 2.24) is 0 Å². The van der Waals surface area contributed by atoms with Gasteiger partial charge >= 0.3 is 0 Å². The molecule has 0 radical (unpaired) electrons. The molecule has 28 heavy (non-hydrogen) atoms. The summed E-state index contributed by atoms with van der Waals surface area (Å²) in [7, 11) is 1.76. The third kappa shape index (κ3) is 3.07. The number of aldehydes is 1. The zero-order valence-electron chi connectivity index (χ0n) is 16.0. The Kier molecular flexibility index (Phi) is 4.70. The molecule has 1 aliphatic rings. The molecule has 0 atom stereocenters. The predicted molar refractivity (Wildman–Crippen MR) is 114 cm³/mol. The van der Waals surface area contributed by atoms with E-state index in [0.29, 0.717) is 5.56 Å². The Morgan fingerprint density at radius 3 is 2.29 bits per heavy atom. The summed E-state index contributed by atoms with van der Waals surface area (Å²) in [5.74, 6) is 0.231. The van der Waals surface area contributed by atoms with Gasteiger partial charge in [0.1, 0.15) is 12.0 Å². The molecule has 0 aromatic heterocycles. The van der Waals surface area contributed by atoms with Gasteiger partial charge in [0.2, 0.25) is 0 Å². The molecule has 1 aliphatic heterocycles. The van der Waals surface area contributed by atoms with Gasteiger partial charge in [0.25, 0.3) is 0 Å². The molecule has 140 valence electrons. The van der Waals surface area contributed by atoms with Gasteiger partial charge in [0, 0.05) is 36.6 Å². The molecule has 3 aromatic carbocycles. The highest BCUT2D eigenvalue weighted by molar-refractivity contribution is 5.90. The van der Waals surface area contributed by atoms with Crippen molar-refractivity contribution in [2.24, 2.45) is 4.99 Å². The maximum Gasteiger partial charge on any atom is 0.150 e. The maximum atomic E-state index is 11.3. The molecule has 4 nitrogen and oxygen atoms in total. The van der Waals surface area contributed by atoms with Crippen molar-refractivity contribution in [2.75, 3.05) is 11.9 Å². The van der Waals surface area contributed by atoms with Crippen molar-refractivity contribution in [3.8, 4) is 5.75 Å². The molecule has 3 aromatic rings. The van der Waals surface area contributed by atoms with Gasteiger partial charge in [-0.25, -0.2) is 0 Å². The van der Waals surface area contributed by atoms with E-state index in [1.54, 1.807) is 13.1 Å². The van der Waals surface area contributed by atoms with E-state index < -0.39 is 0 Å². The lowest BCUT2D eigenvalue weighted by molar-refractivity contribution is 0.112. The number of fused-ring (bicyclic) bond motifs is 2. The molecule has 1 heterocycles. The van der Waals surface area contributed by atoms with E-state index in [1.807, 2.05) is 42.6 Å². The van der Waals surface area contributed by atoms with Crippen LogP contribution >= 0.6 is 0 Å². The molecule has 0 amide bonds. The first-order valence-electron chi connectivity index (χ1n) is 9.39. The van der Waals surface area contributed by atoms with Crippen LogP contribution < -0.4 is 4.90 Å². The van der Waals surface area contributed by atoms with Gasteiger partial charge in [-0.1, -0.05) is 19.1 Å². The summed E-state index contributed by atoms with van der Waals surface area (Å²) in [5, 5.41) is 10.7. The van der Waals surface area contributed by atoms with E-state index in [1.165, 1.54) is 0 Å². The Hall–Kier alpha value is -3.40. The molecule has 1 N–H and O–H groups in total. The summed E-state index contributed by atoms with van der Waals surface area (Å²) >= 11 is 0. The highest BCUT2D eigenvalue weighted by atomic mass is 16.3. The molecule has 4 heteroatoms. The number of carbonyl (C=O) groups excluding carboxylic acids is 1. The maximum absolute atomic E-state index is 11.3. The summed E-state index contributed by atoms with van der Waals surface area (Å²) < 4.78 is 0. The van der Waals surface area contributed by atoms with Crippen LogP contribution in [0, 0.1) is 0 Å². The van der Waals surface area contributed by atoms with E-state index in [4.69, 9.17) is 0 Å². The molecule has 4 rings (SSSR count). The number of aryl methyl sites for hydroxylation is 1. The van der Waals surface area contributed by atoms with E-state index >= 15 is 0 Å². The third-order valence-electron chi connectivity index (χ3n) is 5.17. The van der Waals surface area contributed by atoms with Crippen LogP contribution in [0.25, 0.3) is 0 Å². The summed E-state index contributed by atoms with van der Waals surface area (Å²) in [4.78, 5) is 17.5. The minimum atomic E-state index is 0.231. The lowest BCUT2D eigenvalue weighted by atomic mass is 9.92. The minimum Gasteiger partial charge on any atom is -0.506 e. The molecule has 0 saturated carbocycles. The van der Waals surface area contributed by atoms with Crippen LogP contribution in [0.4, 0.5) is 17.1 Å². The van der Waals surface area contributed by atoms with Gasteiger partial charge in [-0.15, -0.1) is 0 Å². The first-order chi connectivity index (χ1) is 13.6. The number of rotatable bonds is 4. The smallest absolute Gasteiger partial charge is 0.150 e. The van der Waals surface area contributed by atoms with Gasteiger partial charge < -0.3 is 10.0 Å². The molecule has 0 saturated heterocycles. The molecule has 0 aliphatic carbocycles. The van der Waals surface area contributed by atoms with Crippen molar-refractivity contribution >= 4 is 29.6 Å². The van der Waals surface area contributed by atoms with Crippen LogP contribution in [0.5, 0.6) is 5.75 Å². The second-order valence-corrected chi connectivity index (χ2v) is 6.97. The van der Waals surface area contributed by atoms with Crippen LogP contribution in [-0.4, -0.2) is 24.7 Å². The second kappa shape index (κ2) is 7.31. The Balaban J connectivity index is 1.96. The van der Waals surface area contributed by atoms with E-state index in [2.05, 4.69) is 28.9 Å². The largest absolute Gasteiger partial charge is 0.506 e. The van der Waals surface area contributed by atoms with Crippen LogP contribution in [0.2, 0.25) is 0 Å². The zero-order chi connectivity index (χ0) is 19.7. The van der Waals surface area contributed by atoms with Crippen molar-refractivity contribution in [1.29, 1.82) is 0 Å². The fraction of sp³-hybridized carbons (Fsp3) is 0.167. The number of carbonyl (C=O) groups is 1. The number of phenolic OH excluding ortho intramolecular Hbond substituents is 1. The Bertz CT molecular complexity index is 1090. The number of anilines is 3. The van der Waals surface area contributed by atoms with Crippen LogP contribution in [0.15, 0.2) is 59.6 Å². The Labute approximate surface area is 164 Å². The second-order valence-electron chi connectivity index (χ2n) is 6.97. The monoisotopic (exact) mass is 370 g/mol. The minimum absolute atomic E-state index is 0.231. The first kappa shape index (κ1) is 18.0. The average Bonchev–Trinajstić information content (AvgIpc) is 2.72. The van der Waals surface area contributed by atoms with Gasteiger partial charge in [-0.05, 0) is 71.1 Å². The fourth-order valence-corrected chi connectivity index (χ4v) is 3.80. The van der Waals surface area contributed by atoms with E-state index in [9.17, 15) is 9.90 Å². The molecule has 0 unspecified atom stereocenters. The van der Waals surface area contributed by atoms with Crippen molar-refractivity contribution in [2.45, 2.75) is 19.8 Å². The normalized spacial score (nSPS) is 12.7. The lowest BCUT2D eigenvalue weighted by Gasteiger charge is -2.34. The molecular weight excluding hydrogens is 348 g/mol. The number of nitrogens with zero attached hydrogens (tertiary/aromatic N) is 2. The number of phenols is 1. The quantitative estimate of drug-likeness (QED) is 0.397. The SMILES string of the molecule is CCc1ccc(O)c(N2c3ccc(C=O)cc3Cc3cc(C=NC)ccc32)c1. The van der Waals surface area contributed by atoms with Gasteiger partial charge in [0.15, 0.2) is 0 Å². The van der Waals surface area contributed by atoms with Gasteiger partial charge in [-0.3, -0.25) is 9.79 Å². The topological polar surface area (TPSA) is 52.9 Å². The third-order valence-corrected chi connectivity index (χ3v) is 5.17. The number of hydrogen-bond acceptors (Lipinski definition) is 4. The predicted octanol–water partition coefficient (Wildman–Crippen LogP) is 5.19. The highest BCUT2D eigenvalue weighted by Crippen LogP contribution is 2.47. The first-order valence-corrected chi connectivity index (χ1v) is 9.39. The fourth-order valence-electron chi connectivity index (χ4n) is 3.80. The summed E-state index contributed by atoms with van der Waals surface area (Å²) in [6.07, 6.45) is 4.31. The molecular formula is C24H22N2O2. The van der Waals surface area contributed by atoms with Crippen LogP contribution in [0.3, 0.4) is 0 Å². The molecule has 0 bridgehead atoms. The summed E-state index contributed by atoms with van der Waals surface area (Å²) in [5.41, 5.74) is 7.79. The van der Waals surface area contributed by atoms with Crippen molar-refractivity contribution in [3.05, 3.63) is 82.4 Å². The van der Waals surface area contributed by atoms with E-state index in [-0.39, 0.29) is 5.75 Å². The van der Waals surface area contributed by atoms with Crippen molar-refractivity contribution in [3.63, 3.8) is 0 Å². The Morgan fingerprint density at radius 1 is 0.964 bits per heavy atom. The van der Waals surface area contributed by atoms with E-state index in [0.717, 1.165) is 58.4 Å². The standard InChI is InChI=1S/C24H22N2O2/c1-3-16-6-9-24(28)23(12-16)26-21-7-4-17(14-25-2)10-19(21)13-20-11-18(15-27)5-8-22(20)26/h4-12,14-15,28H,3,13H2,1-2H3. The average molecular weight is 370 g/mol. The summed E-state index contributed by atoms with van der Waals surface area (Å²) in [6.45, 7) is 2.10. The van der Waals surface area contributed by atoms with Gasteiger partial charge in [0.05, 0.1) is 5.69 Å². The van der Waals surface area contributed by atoms with Crippen LogP contribution in [0.1, 0.15) is 39.5 Å². The lowest BCUT2D eigenvalue weighted by Crippen LogP contribution is -2.19. The number of benzene rings is 3. The number of hydrogen-bond donors (Lipinski definition) is 1. The van der Waals surface area contributed by atoms with Crippen LogP contribution in [-0.2, 0) is 12.8 Å². The van der Waals surface area contributed by atoms with Gasteiger partial charge in [-0.2, -0.15) is 0 Å². The zero-order valence-corrected chi connectivity index (χ0v) is 16.0. The van der Waals surface area contributed by atoms with Crippen molar-refractivity contribution < 1.29 is 9.90 Å². The summed E-state index contributed by atoms with van der Waals surface area (Å²) in [6, 6.07) is 17.7. The Morgan fingerprint density at radius 2 is 1.64 bits per heavy atom.